The van der Waals surface area contributed by atoms with Gasteiger partial charge in [0.2, 0.25) is 0 Å². The number of ether oxygens (including phenoxy) is 1. The normalized spacial score (nSPS) is 12.6. The van der Waals surface area contributed by atoms with Crippen molar-refractivity contribution in [2.75, 3.05) is 19.8 Å². The van der Waals surface area contributed by atoms with Crippen LogP contribution in [0.5, 0.6) is 0 Å². The highest BCUT2D eigenvalue weighted by Crippen LogP contribution is 2.11. The number of pyridine rings is 1. The molecule has 0 spiro atoms. The summed E-state index contributed by atoms with van der Waals surface area (Å²) in [6.07, 6.45) is 5.14. The predicted molar refractivity (Wildman–Crippen MR) is 66.3 cm³/mol. The van der Waals surface area contributed by atoms with Gasteiger partial charge in [-0.25, -0.2) is 4.39 Å². The molecule has 0 saturated heterocycles. The third-order valence-electron chi connectivity index (χ3n) is 2.57. The molecule has 1 N–H and O–H groups in total. The number of hydrogen-bond donors (Lipinski definition) is 1. The van der Waals surface area contributed by atoms with Crippen molar-refractivity contribution in [3.8, 4) is 0 Å². The molecule has 1 rings (SSSR count). The summed E-state index contributed by atoms with van der Waals surface area (Å²) < 4.78 is 18.4. The highest BCUT2D eigenvalue weighted by atomic mass is 19.1. The van der Waals surface area contributed by atoms with Gasteiger partial charge in [0.05, 0.1) is 12.8 Å². The van der Waals surface area contributed by atoms with Crippen molar-refractivity contribution in [2.24, 2.45) is 0 Å². The van der Waals surface area contributed by atoms with E-state index >= 15 is 0 Å². The maximum Gasteiger partial charge on any atom is 0.141 e. The standard InChI is InChI=1S/C13H21FN2O/c1-3-4-6-17-7-5-16-11(2)12-8-13(14)10-15-9-12/h8-11,16H,3-7H2,1-2H3. The van der Waals surface area contributed by atoms with Crippen LogP contribution in [0.2, 0.25) is 0 Å². The van der Waals surface area contributed by atoms with Crippen molar-refractivity contribution in [1.82, 2.24) is 10.3 Å². The molecule has 0 aliphatic rings. The number of rotatable bonds is 8. The number of halogens is 1. The molecule has 3 nitrogen and oxygen atoms in total. The molecule has 0 aliphatic carbocycles. The fourth-order valence-electron chi connectivity index (χ4n) is 1.48. The second-order valence-electron chi connectivity index (χ2n) is 4.08. The fraction of sp³-hybridized carbons (Fsp3) is 0.615. The summed E-state index contributed by atoms with van der Waals surface area (Å²) in [5.74, 6) is -0.296. The van der Waals surface area contributed by atoms with Crippen LogP contribution in [0.1, 0.15) is 38.3 Å². The zero-order chi connectivity index (χ0) is 12.5. The monoisotopic (exact) mass is 240 g/mol. The maximum absolute atomic E-state index is 12.9. The summed E-state index contributed by atoms with van der Waals surface area (Å²) in [5, 5.41) is 3.27. The van der Waals surface area contributed by atoms with Crippen LogP contribution in [0.3, 0.4) is 0 Å². The van der Waals surface area contributed by atoms with Crippen LogP contribution in [0.25, 0.3) is 0 Å². The van der Waals surface area contributed by atoms with Crippen molar-refractivity contribution in [1.29, 1.82) is 0 Å². The minimum Gasteiger partial charge on any atom is -0.380 e. The van der Waals surface area contributed by atoms with E-state index in [1.807, 2.05) is 6.92 Å². The molecule has 0 radical (unpaired) electrons. The van der Waals surface area contributed by atoms with Crippen LogP contribution in [-0.4, -0.2) is 24.7 Å². The van der Waals surface area contributed by atoms with Gasteiger partial charge < -0.3 is 10.1 Å². The highest BCUT2D eigenvalue weighted by molar-refractivity contribution is 5.14. The molecule has 1 aromatic rings. The summed E-state index contributed by atoms with van der Waals surface area (Å²) in [6, 6.07) is 1.59. The van der Waals surface area contributed by atoms with E-state index in [-0.39, 0.29) is 11.9 Å². The molecular formula is C13H21FN2O. The number of aromatic nitrogens is 1. The molecule has 1 heterocycles. The molecule has 0 saturated carbocycles. The molecule has 0 bridgehead atoms. The Hall–Kier alpha value is -1.00. The van der Waals surface area contributed by atoms with E-state index in [4.69, 9.17) is 4.74 Å². The molecule has 0 aliphatic heterocycles. The lowest BCUT2D eigenvalue weighted by atomic mass is 10.1. The van der Waals surface area contributed by atoms with Gasteiger partial charge in [-0.2, -0.15) is 0 Å². The van der Waals surface area contributed by atoms with E-state index in [0.717, 1.165) is 31.6 Å². The number of hydrogen-bond acceptors (Lipinski definition) is 3. The lowest BCUT2D eigenvalue weighted by Gasteiger charge is -2.13. The summed E-state index contributed by atoms with van der Waals surface area (Å²) in [4.78, 5) is 3.83. The highest BCUT2D eigenvalue weighted by Gasteiger charge is 2.05. The third-order valence-corrected chi connectivity index (χ3v) is 2.57. The Balaban J connectivity index is 2.19. The van der Waals surface area contributed by atoms with E-state index in [2.05, 4.69) is 17.2 Å². The van der Waals surface area contributed by atoms with E-state index < -0.39 is 0 Å². The molecule has 0 fully saturated rings. The number of nitrogens with one attached hydrogen (secondary N) is 1. The molecule has 96 valence electrons. The smallest absolute Gasteiger partial charge is 0.141 e. The van der Waals surface area contributed by atoms with E-state index in [9.17, 15) is 4.39 Å². The zero-order valence-electron chi connectivity index (χ0n) is 10.6. The molecule has 1 unspecified atom stereocenters. The molecular weight excluding hydrogens is 219 g/mol. The fourth-order valence-corrected chi connectivity index (χ4v) is 1.48. The quantitative estimate of drug-likeness (QED) is 0.709. The van der Waals surface area contributed by atoms with Gasteiger partial charge >= 0.3 is 0 Å². The lowest BCUT2D eigenvalue weighted by molar-refractivity contribution is 0.131. The number of unbranched alkanes of at least 4 members (excludes halogenated alkanes) is 1. The SMILES string of the molecule is CCCCOCCNC(C)c1cncc(F)c1. The first-order chi connectivity index (χ1) is 8.24. The van der Waals surface area contributed by atoms with Crippen molar-refractivity contribution >= 4 is 0 Å². The van der Waals surface area contributed by atoms with Crippen LogP contribution in [0.15, 0.2) is 18.5 Å². The van der Waals surface area contributed by atoms with Gasteiger partial charge in [0.15, 0.2) is 0 Å². The third kappa shape index (κ3) is 5.75. The van der Waals surface area contributed by atoms with Crippen LogP contribution in [-0.2, 0) is 4.74 Å². The predicted octanol–water partition coefficient (Wildman–Crippen LogP) is 2.69. The topological polar surface area (TPSA) is 34.1 Å². The minimum absolute atomic E-state index is 0.0907. The van der Waals surface area contributed by atoms with E-state index in [0.29, 0.717) is 6.61 Å². The molecule has 1 atom stereocenters. The Labute approximate surface area is 102 Å². The van der Waals surface area contributed by atoms with Crippen LogP contribution < -0.4 is 5.32 Å². The Morgan fingerprint density at radius 1 is 1.41 bits per heavy atom. The van der Waals surface area contributed by atoms with Gasteiger partial charge in [0, 0.05) is 25.4 Å². The Morgan fingerprint density at radius 2 is 2.24 bits per heavy atom. The van der Waals surface area contributed by atoms with E-state index in [1.165, 1.54) is 12.3 Å². The second-order valence-corrected chi connectivity index (χ2v) is 4.08. The average Bonchev–Trinajstić information content (AvgIpc) is 2.33. The van der Waals surface area contributed by atoms with Crippen molar-refractivity contribution < 1.29 is 9.13 Å². The van der Waals surface area contributed by atoms with Gasteiger partial charge in [0.1, 0.15) is 5.82 Å². The van der Waals surface area contributed by atoms with E-state index in [1.54, 1.807) is 6.20 Å². The minimum atomic E-state index is -0.296. The first kappa shape index (κ1) is 14.1. The summed E-state index contributed by atoms with van der Waals surface area (Å²) in [7, 11) is 0. The van der Waals surface area contributed by atoms with Crippen molar-refractivity contribution in [3.05, 3.63) is 29.8 Å². The lowest BCUT2D eigenvalue weighted by Crippen LogP contribution is -2.23. The Bertz CT molecular complexity index is 320. The zero-order valence-corrected chi connectivity index (χ0v) is 10.6. The van der Waals surface area contributed by atoms with Gasteiger partial charge in [-0.15, -0.1) is 0 Å². The summed E-state index contributed by atoms with van der Waals surface area (Å²) in [6.45, 7) is 6.39. The summed E-state index contributed by atoms with van der Waals surface area (Å²) in [5.41, 5.74) is 0.860. The van der Waals surface area contributed by atoms with Crippen LogP contribution in [0, 0.1) is 5.82 Å². The van der Waals surface area contributed by atoms with Crippen molar-refractivity contribution in [3.63, 3.8) is 0 Å². The average molecular weight is 240 g/mol. The maximum atomic E-state index is 12.9. The first-order valence-corrected chi connectivity index (χ1v) is 6.15. The summed E-state index contributed by atoms with van der Waals surface area (Å²) >= 11 is 0. The van der Waals surface area contributed by atoms with Crippen molar-refractivity contribution in [2.45, 2.75) is 32.7 Å². The Kier molecular flexibility index (Phi) is 6.74. The van der Waals surface area contributed by atoms with Crippen LogP contribution in [0.4, 0.5) is 4.39 Å². The largest absolute Gasteiger partial charge is 0.380 e. The Morgan fingerprint density at radius 3 is 2.94 bits per heavy atom. The molecule has 17 heavy (non-hydrogen) atoms. The second kappa shape index (κ2) is 8.14. The van der Waals surface area contributed by atoms with Crippen LogP contribution >= 0.6 is 0 Å². The molecule has 1 aromatic heterocycles. The molecule has 0 amide bonds. The molecule has 4 heteroatoms. The molecule has 0 aromatic carbocycles. The first-order valence-electron chi connectivity index (χ1n) is 6.15. The van der Waals surface area contributed by atoms with Gasteiger partial charge in [0.25, 0.3) is 0 Å². The number of nitrogens with zero attached hydrogens (tertiary/aromatic N) is 1. The van der Waals surface area contributed by atoms with Gasteiger partial charge in [-0.05, 0) is 25.0 Å². The van der Waals surface area contributed by atoms with Gasteiger partial charge in [-0.1, -0.05) is 13.3 Å². The van der Waals surface area contributed by atoms with Gasteiger partial charge in [-0.3, -0.25) is 4.98 Å².